The summed E-state index contributed by atoms with van der Waals surface area (Å²) in [7, 11) is 0. The lowest BCUT2D eigenvalue weighted by molar-refractivity contribution is 0.188. The van der Waals surface area contributed by atoms with Crippen molar-refractivity contribution in [3.8, 4) is 5.75 Å². The Kier molecular flexibility index (Phi) is 4.76. The second-order valence-electron chi connectivity index (χ2n) is 5.06. The maximum absolute atomic E-state index is 6.16. The lowest BCUT2D eigenvalue weighted by Gasteiger charge is -2.20. The Morgan fingerprint density at radius 3 is 2.50 bits per heavy atom. The molecule has 0 spiro atoms. The highest BCUT2D eigenvalue weighted by Crippen LogP contribution is 2.26. The van der Waals surface area contributed by atoms with Crippen molar-refractivity contribution in [2.45, 2.75) is 19.1 Å². The zero-order valence-corrected chi connectivity index (χ0v) is 12.9. The van der Waals surface area contributed by atoms with Crippen molar-refractivity contribution in [1.82, 2.24) is 9.55 Å². The molecule has 0 N–H and O–H groups in total. The maximum Gasteiger partial charge on any atom is 0.125 e. The Bertz CT molecular complexity index is 681. The first-order valence-corrected chi connectivity index (χ1v) is 7.62. The van der Waals surface area contributed by atoms with Crippen molar-refractivity contribution >= 4 is 11.6 Å². The van der Waals surface area contributed by atoms with Gasteiger partial charge in [0.25, 0.3) is 0 Å². The van der Waals surface area contributed by atoms with Gasteiger partial charge in [-0.05, 0) is 29.8 Å². The Morgan fingerprint density at radius 1 is 1.05 bits per heavy atom. The molecule has 0 aliphatic heterocycles. The van der Waals surface area contributed by atoms with Crippen LogP contribution in [-0.4, -0.2) is 9.55 Å². The van der Waals surface area contributed by atoms with Gasteiger partial charge in [0.15, 0.2) is 0 Å². The van der Waals surface area contributed by atoms with E-state index in [-0.39, 0.29) is 6.10 Å². The molecule has 4 heteroatoms. The van der Waals surface area contributed by atoms with Crippen LogP contribution in [0.3, 0.4) is 0 Å². The monoisotopic (exact) mass is 312 g/mol. The van der Waals surface area contributed by atoms with E-state index in [4.69, 9.17) is 16.3 Å². The van der Waals surface area contributed by atoms with Gasteiger partial charge < -0.3 is 9.30 Å². The summed E-state index contributed by atoms with van der Waals surface area (Å²) in [5.41, 5.74) is 1.12. The smallest absolute Gasteiger partial charge is 0.125 e. The number of ether oxygens (including phenoxy) is 1. The van der Waals surface area contributed by atoms with Crippen LogP contribution in [0.1, 0.15) is 18.1 Å². The van der Waals surface area contributed by atoms with Gasteiger partial charge in [0.2, 0.25) is 0 Å². The van der Waals surface area contributed by atoms with Crippen LogP contribution in [0.25, 0.3) is 0 Å². The first-order chi connectivity index (χ1) is 10.8. The molecule has 0 bridgehead atoms. The summed E-state index contributed by atoms with van der Waals surface area (Å²) in [4.78, 5) is 4.07. The van der Waals surface area contributed by atoms with Crippen molar-refractivity contribution in [3.63, 3.8) is 0 Å². The third-order valence-electron chi connectivity index (χ3n) is 3.47. The Balaban J connectivity index is 1.76. The molecule has 2 aromatic carbocycles. The predicted octanol–water partition coefficient (Wildman–Crippen LogP) is 4.75. The number of hydrogen-bond donors (Lipinski definition) is 0. The average molecular weight is 313 g/mol. The highest BCUT2D eigenvalue weighted by molar-refractivity contribution is 6.30. The van der Waals surface area contributed by atoms with Gasteiger partial charge in [0, 0.05) is 30.4 Å². The van der Waals surface area contributed by atoms with E-state index in [1.807, 2.05) is 67.1 Å². The summed E-state index contributed by atoms with van der Waals surface area (Å²) in [5.74, 6) is 0.869. The van der Waals surface area contributed by atoms with Gasteiger partial charge >= 0.3 is 0 Å². The Hall–Kier alpha value is -2.26. The molecule has 22 heavy (non-hydrogen) atoms. The van der Waals surface area contributed by atoms with E-state index < -0.39 is 0 Å². The minimum Gasteiger partial charge on any atom is -0.486 e. The largest absolute Gasteiger partial charge is 0.486 e. The molecule has 1 heterocycles. The third-order valence-corrected chi connectivity index (χ3v) is 3.72. The first-order valence-electron chi connectivity index (χ1n) is 7.24. The average Bonchev–Trinajstić information content (AvgIpc) is 3.07. The lowest BCUT2D eigenvalue weighted by atomic mass is 10.1. The summed E-state index contributed by atoms with van der Waals surface area (Å²) >= 11 is 5.98. The summed E-state index contributed by atoms with van der Waals surface area (Å²) in [6.07, 6.45) is 6.40. The lowest BCUT2D eigenvalue weighted by Crippen LogP contribution is -2.11. The van der Waals surface area contributed by atoms with Crippen molar-refractivity contribution in [3.05, 3.63) is 83.9 Å². The number of rotatable bonds is 6. The molecular formula is C18H17ClN2O. The third kappa shape index (κ3) is 3.89. The molecule has 0 radical (unpaired) electrons. The molecule has 0 unspecified atom stereocenters. The molecule has 3 nitrogen and oxygen atoms in total. The van der Waals surface area contributed by atoms with Crippen LogP contribution in [0.4, 0.5) is 0 Å². The quantitative estimate of drug-likeness (QED) is 0.657. The van der Waals surface area contributed by atoms with Crippen LogP contribution in [0, 0.1) is 0 Å². The molecule has 1 atom stereocenters. The van der Waals surface area contributed by atoms with Crippen LogP contribution >= 0.6 is 11.6 Å². The SMILES string of the molecule is Clc1ccc([C@@H](CCn2ccnc2)Oc2ccccc2)cc1. The molecule has 0 aliphatic rings. The number of para-hydroxylation sites is 1. The van der Waals surface area contributed by atoms with Gasteiger partial charge in [-0.15, -0.1) is 0 Å². The first kappa shape index (κ1) is 14.7. The molecule has 3 rings (SSSR count). The van der Waals surface area contributed by atoms with Crippen LogP contribution in [-0.2, 0) is 6.54 Å². The van der Waals surface area contributed by atoms with E-state index in [0.29, 0.717) is 0 Å². The van der Waals surface area contributed by atoms with E-state index in [2.05, 4.69) is 9.55 Å². The van der Waals surface area contributed by atoms with Crippen molar-refractivity contribution < 1.29 is 4.74 Å². The summed E-state index contributed by atoms with van der Waals surface area (Å²) < 4.78 is 8.21. The highest BCUT2D eigenvalue weighted by Gasteiger charge is 2.13. The number of nitrogens with zero attached hydrogens (tertiary/aromatic N) is 2. The Labute approximate surface area is 135 Å². The summed E-state index contributed by atoms with van der Waals surface area (Å²) in [5, 5.41) is 0.733. The fraction of sp³-hybridized carbons (Fsp3) is 0.167. The van der Waals surface area contributed by atoms with Gasteiger partial charge in [0.05, 0.1) is 6.33 Å². The van der Waals surface area contributed by atoms with Crippen molar-refractivity contribution in [1.29, 1.82) is 0 Å². The van der Waals surface area contributed by atoms with Crippen LogP contribution < -0.4 is 4.74 Å². The summed E-state index contributed by atoms with van der Waals surface area (Å²) in [6.45, 7) is 0.847. The fourth-order valence-corrected chi connectivity index (χ4v) is 2.45. The van der Waals surface area contributed by atoms with E-state index in [1.54, 1.807) is 6.20 Å². The zero-order valence-electron chi connectivity index (χ0n) is 12.1. The molecule has 3 aromatic rings. The predicted molar refractivity (Wildman–Crippen MR) is 88.1 cm³/mol. The molecule has 0 saturated heterocycles. The number of benzene rings is 2. The van der Waals surface area contributed by atoms with Crippen LogP contribution in [0.15, 0.2) is 73.3 Å². The zero-order chi connectivity index (χ0) is 15.2. The van der Waals surface area contributed by atoms with E-state index >= 15 is 0 Å². The standard InChI is InChI=1S/C18H17ClN2O/c19-16-8-6-15(7-9-16)18(10-12-21-13-11-20-14-21)22-17-4-2-1-3-5-17/h1-9,11,13-14,18H,10,12H2/t18-/m1/s1. The van der Waals surface area contributed by atoms with E-state index in [0.717, 1.165) is 29.3 Å². The highest BCUT2D eigenvalue weighted by atomic mass is 35.5. The molecular weight excluding hydrogens is 296 g/mol. The minimum absolute atomic E-state index is 0.0259. The number of halogens is 1. The van der Waals surface area contributed by atoms with Crippen molar-refractivity contribution in [2.24, 2.45) is 0 Å². The number of aryl methyl sites for hydroxylation is 1. The normalized spacial score (nSPS) is 12.0. The second kappa shape index (κ2) is 7.14. The van der Waals surface area contributed by atoms with Gasteiger partial charge in [-0.3, -0.25) is 0 Å². The second-order valence-corrected chi connectivity index (χ2v) is 5.50. The summed E-state index contributed by atoms with van der Waals surface area (Å²) in [6, 6.07) is 17.7. The maximum atomic E-state index is 6.16. The van der Waals surface area contributed by atoms with E-state index in [9.17, 15) is 0 Å². The fourth-order valence-electron chi connectivity index (χ4n) is 2.32. The minimum atomic E-state index is -0.0259. The topological polar surface area (TPSA) is 27.1 Å². The van der Waals surface area contributed by atoms with Crippen LogP contribution in [0.2, 0.25) is 5.02 Å². The number of hydrogen-bond acceptors (Lipinski definition) is 2. The van der Waals surface area contributed by atoms with Gasteiger partial charge in [0.1, 0.15) is 11.9 Å². The number of imidazole rings is 1. The van der Waals surface area contributed by atoms with Gasteiger partial charge in [-0.25, -0.2) is 4.98 Å². The molecule has 0 saturated carbocycles. The van der Waals surface area contributed by atoms with E-state index in [1.165, 1.54) is 0 Å². The van der Waals surface area contributed by atoms with Crippen LogP contribution in [0.5, 0.6) is 5.75 Å². The Morgan fingerprint density at radius 2 is 1.82 bits per heavy atom. The molecule has 0 amide bonds. The van der Waals surface area contributed by atoms with Gasteiger partial charge in [-0.1, -0.05) is 41.9 Å². The number of aromatic nitrogens is 2. The van der Waals surface area contributed by atoms with Gasteiger partial charge in [-0.2, -0.15) is 0 Å². The molecule has 0 aliphatic carbocycles. The molecule has 1 aromatic heterocycles. The van der Waals surface area contributed by atoms with Crippen molar-refractivity contribution in [2.75, 3.05) is 0 Å². The molecule has 0 fully saturated rings. The molecule has 112 valence electrons.